The lowest BCUT2D eigenvalue weighted by Gasteiger charge is -2.11. The van der Waals surface area contributed by atoms with Crippen molar-refractivity contribution in [2.45, 2.75) is 6.42 Å². The van der Waals surface area contributed by atoms with E-state index in [0.717, 1.165) is 27.1 Å². The van der Waals surface area contributed by atoms with E-state index in [-0.39, 0.29) is 5.82 Å². The van der Waals surface area contributed by atoms with Gasteiger partial charge in [0.1, 0.15) is 5.82 Å². The van der Waals surface area contributed by atoms with Gasteiger partial charge in [0.2, 0.25) is 0 Å². The van der Waals surface area contributed by atoms with Gasteiger partial charge in [-0.25, -0.2) is 4.39 Å². The lowest BCUT2D eigenvalue weighted by Crippen LogP contribution is -2.08. The largest absolute Gasteiger partial charge is 0.207 e. The molecule has 0 aromatic heterocycles. The molecule has 0 saturated heterocycles. The van der Waals surface area contributed by atoms with Crippen molar-refractivity contribution in [3.8, 4) is 0 Å². The van der Waals surface area contributed by atoms with E-state index in [1.807, 2.05) is 12.1 Å². The van der Waals surface area contributed by atoms with Crippen molar-refractivity contribution in [1.29, 1.82) is 0 Å². The molecule has 0 spiro atoms. The minimum absolute atomic E-state index is 0.133. The topological polar surface area (TPSA) is 0 Å². The molecule has 1 aromatic rings. The molecule has 0 atom stereocenters. The molecule has 14 heavy (non-hydrogen) atoms. The van der Waals surface area contributed by atoms with Crippen molar-refractivity contribution in [3.05, 3.63) is 34.1 Å². The van der Waals surface area contributed by atoms with Crippen molar-refractivity contribution in [1.82, 2.24) is 0 Å². The zero-order chi connectivity index (χ0) is 10.6. The van der Waals surface area contributed by atoms with E-state index in [0.29, 0.717) is 5.92 Å². The van der Waals surface area contributed by atoms with Gasteiger partial charge in [0.25, 0.3) is 0 Å². The third kappa shape index (κ3) is 3.63. The van der Waals surface area contributed by atoms with Gasteiger partial charge in [-0.2, -0.15) is 0 Å². The summed E-state index contributed by atoms with van der Waals surface area (Å²) < 4.78 is 14.2. The van der Waals surface area contributed by atoms with Crippen molar-refractivity contribution in [2.24, 2.45) is 5.92 Å². The van der Waals surface area contributed by atoms with Gasteiger partial charge in [0.15, 0.2) is 0 Å². The Kier molecular flexibility index (Phi) is 5.64. The van der Waals surface area contributed by atoms with E-state index in [2.05, 4.69) is 47.8 Å². The molecule has 0 N–H and O–H groups in total. The van der Waals surface area contributed by atoms with Crippen LogP contribution in [-0.4, -0.2) is 10.7 Å². The molecule has 4 heteroatoms. The number of benzene rings is 1. The van der Waals surface area contributed by atoms with Crippen molar-refractivity contribution in [3.63, 3.8) is 0 Å². The second-order valence-corrected chi connectivity index (χ2v) is 5.33. The van der Waals surface area contributed by atoms with Crippen LogP contribution in [0.5, 0.6) is 0 Å². The zero-order valence-electron chi connectivity index (χ0n) is 7.44. The Balaban J connectivity index is 2.76. The number of hydrogen-bond donors (Lipinski definition) is 0. The van der Waals surface area contributed by atoms with Gasteiger partial charge in [-0.15, -0.1) is 0 Å². The molecule has 0 unspecified atom stereocenters. The quantitative estimate of drug-likeness (QED) is 0.664. The van der Waals surface area contributed by atoms with Gasteiger partial charge in [-0.05, 0) is 30.0 Å². The van der Waals surface area contributed by atoms with E-state index in [4.69, 9.17) is 0 Å². The number of rotatable bonds is 4. The van der Waals surface area contributed by atoms with Gasteiger partial charge in [0, 0.05) is 15.1 Å². The van der Waals surface area contributed by atoms with Crippen LogP contribution >= 0.6 is 47.8 Å². The Bertz CT molecular complexity index is 297. The van der Waals surface area contributed by atoms with E-state index in [9.17, 15) is 4.39 Å². The Morgan fingerprint density at radius 2 is 1.86 bits per heavy atom. The molecular weight excluding hydrogens is 379 g/mol. The number of alkyl halides is 2. The van der Waals surface area contributed by atoms with E-state index >= 15 is 0 Å². The molecule has 0 saturated carbocycles. The fourth-order valence-electron chi connectivity index (χ4n) is 1.15. The first-order chi connectivity index (χ1) is 6.67. The second kappa shape index (κ2) is 6.23. The van der Waals surface area contributed by atoms with E-state index < -0.39 is 0 Å². The molecule has 0 aliphatic rings. The lowest BCUT2D eigenvalue weighted by atomic mass is 10.0. The maximum atomic E-state index is 13.4. The van der Waals surface area contributed by atoms with Gasteiger partial charge in [-0.3, -0.25) is 0 Å². The fraction of sp³-hybridized carbons (Fsp3) is 0.400. The van der Waals surface area contributed by atoms with Gasteiger partial charge >= 0.3 is 0 Å². The Labute approximate surface area is 109 Å². The van der Waals surface area contributed by atoms with Crippen LogP contribution < -0.4 is 0 Å². The van der Waals surface area contributed by atoms with Crippen molar-refractivity contribution >= 4 is 47.8 Å². The Morgan fingerprint density at radius 3 is 2.36 bits per heavy atom. The van der Waals surface area contributed by atoms with Crippen LogP contribution in [0.2, 0.25) is 0 Å². The molecule has 0 amide bonds. The average Bonchev–Trinajstić information content (AvgIpc) is 2.17. The summed E-state index contributed by atoms with van der Waals surface area (Å²) in [5.74, 6) is 0.303. The average molecular weight is 389 g/mol. The normalized spacial score (nSPS) is 10.9. The Morgan fingerprint density at radius 1 is 1.21 bits per heavy atom. The molecule has 1 aromatic carbocycles. The van der Waals surface area contributed by atoms with Gasteiger partial charge in [-0.1, -0.05) is 53.9 Å². The third-order valence-electron chi connectivity index (χ3n) is 1.96. The van der Waals surface area contributed by atoms with Crippen molar-refractivity contribution < 1.29 is 4.39 Å². The van der Waals surface area contributed by atoms with E-state index in [1.165, 1.54) is 6.07 Å². The second-order valence-electron chi connectivity index (χ2n) is 3.11. The highest BCUT2D eigenvalue weighted by Gasteiger charge is 2.10. The zero-order valence-corrected chi connectivity index (χ0v) is 12.2. The first kappa shape index (κ1) is 12.7. The monoisotopic (exact) mass is 386 g/mol. The highest BCUT2D eigenvalue weighted by molar-refractivity contribution is 9.10. The van der Waals surface area contributed by atoms with Crippen molar-refractivity contribution in [2.75, 3.05) is 10.7 Å². The molecule has 0 aliphatic heterocycles. The predicted molar refractivity (Wildman–Crippen MR) is 68.9 cm³/mol. The van der Waals surface area contributed by atoms with Crippen LogP contribution in [0.1, 0.15) is 5.56 Å². The van der Waals surface area contributed by atoms with Crippen LogP contribution in [-0.2, 0) is 6.42 Å². The minimum Gasteiger partial charge on any atom is -0.207 e. The highest BCUT2D eigenvalue weighted by atomic mass is 79.9. The summed E-state index contributed by atoms with van der Waals surface area (Å²) in [5.41, 5.74) is 0.775. The van der Waals surface area contributed by atoms with Crippen LogP contribution in [0.3, 0.4) is 0 Å². The summed E-state index contributed by atoms with van der Waals surface area (Å²) in [6.07, 6.45) is 0.760. The predicted octanol–water partition coefficient (Wildman–Crippen LogP) is 4.54. The third-order valence-corrected chi connectivity index (χ3v) is 4.28. The van der Waals surface area contributed by atoms with Crippen LogP contribution in [0.15, 0.2) is 22.7 Å². The summed E-state index contributed by atoms with van der Waals surface area (Å²) >= 11 is 10.1. The number of hydrogen-bond acceptors (Lipinski definition) is 0. The van der Waals surface area contributed by atoms with Crippen LogP contribution in [0, 0.1) is 11.7 Å². The SMILES string of the molecule is Fc1cc(Br)ccc1CC(CBr)CBr. The molecule has 78 valence electrons. The Hall–Kier alpha value is 0.590. The van der Waals surface area contributed by atoms with Gasteiger partial charge in [0.05, 0.1) is 0 Å². The van der Waals surface area contributed by atoms with Crippen LogP contribution in [0.25, 0.3) is 0 Å². The molecule has 0 heterocycles. The molecular formula is C10H10Br3F. The van der Waals surface area contributed by atoms with Crippen LogP contribution in [0.4, 0.5) is 4.39 Å². The molecule has 0 fully saturated rings. The lowest BCUT2D eigenvalue weighted by molar-refractivity contribution is 0.582. The summed E-state index contributed by atoms with van der Waals surface area (Å²) in [5, 5.41) is 1.77. The number of halogens is 4. The first-order valence-corrected chi connectivity index (χ1v) is 7.26. The molecule has 1 rings (SSSR count). The molecule has 0 nitrogen and oxygen atoms in total. The highest BCUT2D eigenvalue weighted by Crippen LogP contribution is 2.19. The maximum absolute atomic E-state index is 13.4. The molecule has 0 aliphatic carbocycles. The summed E-state index contributed by atoms with van der Waals surface area (Å²) in [6.45, 7) is 0. The summed E-state index contributed by atoms with van der Waals surface area (Å²) in [7, 11) is 0. The smallest absolute Gasteiger partial charge is 0.127 e. The first-order valence-electron chi connectivity index (χ1n) is 4.23. The van der Waals surface area contributed by atoms with E-state index in [1.54, 1.807) is 0 Å². The van der Waals surface area contributed by atoms with Gasteiger partial charge < -0.3 is 0 Å². The fourth-order valence-corrected chi connectivity index (χ4v) is 3.01. The standard InChI is InChI=1S/C10H10Br3F/c11-5-7(6-12)3-8-1-2-9(13)4-10(8)14/h1-2,4,7H,3,5-6H2. The summed E-state index contributed by atoms with van der Waals surface area (Å²) in [6, 6.07) is 5.21. The molecule has 0 bridgehead atoms. The molecule has 0 radical (unpaired) electrons. The summed E-state index contributed by atoms with van der Waals surface area (Å²) in [4.78, 5) is 0. The maximum Gasteiger partial charge on any atom is 0.127 e. The minimum atomic E-state index is -0.133.